The largest absolute Gasteiger partial charge is 0.334 e. The fraction of sp³-hybridized carbons (Fsp3) is 0.536. The van der Waals surface area contributed by atoms with Crippen molar-refractivity contribution in [2.45, 2.75) is 76.8 Å². The molecule has 2 aromatic carbocycles. The van der Waals surface area contributed by atoms with E-state index < -0.39 is 0 Å². The second-order valence-corrected chi connectivity index (χ2v) is 11.5. The molecule has 0 spiro atoms. The predicted molar refractivity (Wildman–Crippen MR) is 135 cm³/mol. The second-order valence-electron chi connectivity index (χ2n) is 11.5. The van der Waals surface area contributed by atoms with E-state index in [-0.39, 0.29) is 34.9 Å². The van der Waals surface area contributed by atoms with Gasteiger partial charge in [0.1, 0.15) is 0 Å². The summed E-state index contributed by atoms with van der Waals surface area (Å²) < 4.78 is 0. The Morgan fingerprint density at radius 2 is 1.31 bits per heavy atom. The number of urea groups is 1. The molecule has 3 rings (SSSR count). The molecule has 4 heteroatoms. The van der Waals surface area contributed by atoms with Crippen LogP contribution in [-0.4, -0.2) is 43.7 Å². The van der Waals surface area contributed by atoms with E-state index in [1.165, 1.54) is 22.3 Å². The van der Waals surface area contributed by atoms with Crippen LogP contribution in [0.1, 0.15) is 76.1 Å². The van der Waals surface area contributed by atoms with Crippen molar-refractivity contribution in [3.63, 3.8) is 0 Å². The average Bonchev–Trinajstić information content (AvgIpc) is 3.15. The van der Waals surface area contributed by atoms with E-state index in [4.69, 9.17) is 0 Å². The lowest BCUT2D eigenvalue weighted by molar-refractivity contribution is 0.214. The molecule has 1 saturated heterocycles. The van der Waals surface area contributed by atoms with Gasteiger partial charge in [-0.05, 0) is 39.5 Å². The summed E-state index contributed by atoms with van der Waals surface area (Å²) in [5, 5.41) is 6.85. The predicted octanol–water partition coefficient (Wildman–Crippen LogP) is 5.42. The van der Waals surface area contributed by atoms with Crippen LogP contribution in [0.25, 0.3) is 0 Å². The Kier molecular flexibility index (Phi) is 7.04. The number of nitrogens with zero attached hydrogens (tertiary/aromatic N) is 1. The van der Waals surface area contributed by atoms with Gasteiger partial charge in [-0.1, -0.05) is 90.1 Å². The Morgan fingerprint density at radius 1 is 0.875 bits per heavy atom. The second kappa shape index (κ2) is 9.27. The van der Waals surface area contributed by atoms with Crippen molar-refractivity contribution in [1.29, 1.82) is 0 Å². The summed E-state index contributed by atoms with van der Waals surface area (Å²) >= 11 is 0. The minimum atomic E-state index is -0.0296. The zero-order valence-electron chi connectivity index (χ0n) is 21.1. The minimum absolute atomic E-state index is 0.0296. The number of nitrogens with one attached hydrogen (secondary N) is 2. The zero-order valence-corrected chi connectivity index (χ0v) is 21.1. The van der Waals surface area contributed by atoms with Crippen molar-refractivity contribution >= 4 is 6.03 Å². The lowest BCUT2D eigenvalue weighted by Gasteiger charge is -2.28. The summed E-state index contributed by atoms with van der Waals surface area (Å²) in [6, 6.07) is 18.6. The summed E-state index contributed by atoms with van der Waals surface area (Å²) in [4.78, 5) is 13.8. The van der Waals surface area contributed by atoms with Gasteiger partial charge in [-0.2, -0.15) is 0 Å². The summed E-state index contributed by atoms with van der Waals surface area (Å²) in [6.07, 6.45) is 0.909. The van der Waals surface area contributed by atoms with Gasteiger partial charge in [0.25, 0.3) is 0 Å². The number of rotatable bonds is 4. The van der Waals surface area contributed by atoms with Crippen molar-refractivity contribution in [2.75, 3.05) is 20.6 Å². The molecule has 2 aromatic rings. The number of carbonyl (C=O) groups excluding carboxylic acids is 1. The first-order valence-electron chi connectivity index (χ1n) is 11.8. The molecular weight excluding hydrogens is 394 g/mol. The standard InChI is InChI=1S/C28H41N3O/c1-27(2,3)21-13-9-19(10-14-21)25(20-11-15-22(16-12-20)28(4,5)6)24-17-23(18-29-24)30-26(32)31(7)8/h9-16,23-25,29H,17-18H2,1-8H3,(H,30,32)/t23-,24-/m1/s1. The first-order chi connectivity index (χ1) is 14.9. The molecule has 2 N–H and O–H groups in total. The van der Waals surface area contributed by atoms with E-state index in [0.29, 0.717) is 0 Å². The molecule has 0 radical (unpaired) electrons. The number of hydrogen-bond donors (Lipinski definition) is 2. The van der Waals surface area contributed by atoms with Crippen LogP contribution in [0, 0.1) is 0 Å². The number of hydrogen-bond acceptors (Lipinski definition) is 2. The fourth-order valence-electron chi connectivity index (χ4n) is 4.47. The number of benzene rings is 2. The zero-order chi connectivity index (χ0) is 23.7. The quantitative estimate of drug-likeness (QED) is 0.674. The van der Waals surface area contributed by atoms with Gasteiger partial charge in [0.2, 0.25) is 0 Å². The van der Waals surface area contributed by atoms with Crippen molar-refractivity contribution in [1.82, 2.24) is 15.5 Å². The Labute approximate surface area is 194 Å². The van der Waals surface area contributed by atoms with Crippen LogP contribution in [0.2, 0.25) is 0 Å². The molecular formula is C28H41N3O. The van der Waals surface area contributed by atoms with Crippen LogP contribution in [0.3, 0.4) is 0 Å². The van der Waals surface area contributed by atoms with Gasteiger partial charge in [-0.25, -0.2) is 4.79 Å². The highest BCUT2D eigenvalue weighted by Gasteiger charge is 2.33. The molecule has 1 aliphatic rings. The Balaban J connectivity index is 1.91. The first kappa shape index (κ1) is 24.3. The highest BCUT2D eigenvalue weighted by molar-refractivity contribution is 5.73. The third-order valence-electron chi connectivity index (χ3n) is 6.57. The van der Waals surface area contributed by atoms with Crippen LogP contribution in [0.4, 0.5) is 4.79 Å². The smallest absolute Gasteiger partial charge is 0.317 e. The highest BCUT2D eigenvalue weighted by Crippen LogP contribution is 2.35. The molecule has 32 heavy (non-hydrogen) atoms. The van der Waals surface area contributed by atoms with Gasteiger partial charge in [0.15, 0.2) is 0 Å². The number of amides is 2. The molecule has 174 valence electrons. The summed E-state index contributed by atoms with van der Waals surface area (Å²) in [5.74, 6) is 0.235. The fourth-order valence-corrected chi connectivity index (χ4v) is 4.47. The van der Waals surface area contributed by atoms with Crippen LogP contribution < -0.4 is 10.6 Å². The van der Waals surface area contributed by atoms with Crippen LogP contribution in [-0.2, 0) is 10.8 Å². The third kappa shape index (κ3) is 5.72. The SMILES string of the molecule is CN(C)C(=O)N[C@H]1CN[C@@H](C(c2ccc(C(C)(C)C)cc2)c2ccc(C(C)(C)C)cc2)C1. The lowest BCUT2D eigenvalue weighted by atomic mass is 9.80. The summed E-state index contributed by atoms with van der Waals surface area (Å²) in [5.41, 5.74) is 5.60. The minimum Gasteiger partial charge on any atom is -0.334 e. The maximum absolute atomic E-state index is 12.2. The monoisotopic (exact) mass is 435 g/mol. The van der Waals surface area contributed by atoms with Crippen molar-refractivity contribution in [3.05, 3.63) is 70.8 Å². The Morgan fingerprint density at radius 3 is 1.69 bits per heavy atom. The van der Waals surface area contributed by atoms with Gasteiger partial charge in [-0.3, -0.25) is 0 Å². The first-order valence-corrected chi connectivity index (χ1v) is 11.8. The summed E-state index contributed by atoms with van der Waals surface area (Å²) in [7, 11) is 3.57. The topological polar surface area (TPSA) is 44.4 Å². The molecule has 0 aliphatic carbocycles. The van der Waals surface area contributed by atoms with Crippen LogP contribution >= 0.6 is 0 Å². The third-order valence-corrected chi connectivity index (χ3v) is 6.57. The van der Waals surface area contributed by atoms with E-state index in [1.807, 2.05) is 0 Å². The molecule has 1 heterocycles. The van der Waals surface area contributed by atoms with Gasteiger partial charge >= 0.3 is 6.03 Å². The average molecular weight is 436 g/mol. The van der Waals surface area contributed by atoms with Crippen molar-refractivity contribution in [3.8, 4) is 0 Å². The van der Waals surface area contributed by atoms with Crippen LogP contribution in [0.15, 0.2) is 48.5 Å². The van der Waals surface area contributed by atoms with Gasteiger partial charge in [0.05, 0.1) is 0 Å². The molecule has 0 saturated carbocycles. The van der Waals surface area contributed by atoms with E-state index >= 15 is 0 Å². The molecule has 2 atom stereocenters. The maximum atomic E-state index is 12.2. The molecule has 4 nitrogen and oxygen atoms in total. The van der Waals surface area contributed by atoms with E-state index in [0.717, 1.165) is 13.0 Å². The van der Waals surface area contributed by atoms with Gasteiger partial charge < -0.3 is 15.5 Å². The van der Waals surface area contributed by atoms with Crippen molar-refractivity contribution in [2.24, 2.45) is 0 Å². The molecule has 0 bridgehead atoms. The Hall–Kier alpha value is -2.33. The molecule has 0 aromatic heterocycles. The van der Waals surface area contributed by atoms with E-state index in [1.54, 1.807) is 19.0 Å². The molecule has 2 amide bonds. The number of carbonyl (C=O) groups is 1. The Bertz CT molecular complexity index is 844. The lowest BCUT2D eigenvalue weighted by Crippen LogP contribution is -2.42. The summed E-state index contributed by atoms with van der Waals surface area (Å²) in [6.45, 7) is 14.3. The normalized spacial score (nSPS) is 19.3. The molecule has 1 aliphatic heterocycles. The van der Waals surface area contributed by atoms with E-state index in [2.05, 4.69) is 101 Å². The highest BCUT2D eigenvalue weighted by atomic mass is 16.2. The van der Waals surface area contributed by atoms with Gasteiger partial charge in [0, 0.05) is 38.6 Å². The maximum Gasteiger partial charge on any atom is 0.317 e. The molecule has 0 unspecified atom stereocenters. The molecule has 1 fully saturated rings. The van der Waals surface area contributed by atoms with Crippen LogP contribution in [0.5, 0.6) is 0 Å². The van der Waals surface area contributed by atoms with E-state index in [9.17, 15) is 4.79 Å². The van der Waals surface area contributed by atoms with Crippen molar-refractivity contribution < 1.29 is 4.79 Å². The van der Waals surface area contributed by atoms with Gasteiger partial charge in [-0.15, -0.1) is 0 Å².